The Morgan fingerprint density at radius 2 is 1.43 bits per heavy atom. The number of hydrogen-bond donors (Lipinski definition) is 0. The maximum absolute atomic E-state index is 12.9. The molecule has 114 valence electrons. The van der Waals surface area contributed by atoms with Crippen LogP contribution in [0.3, 0.4) is 0 Å². The predicted octanol–water partition coefficient (Wildman–Crippen LogP) is 5.12. The summed E-state index contributed by atoms with van der Waals surface area (Å²) in [5, 5.41) is 0. The maximum Gasteiger partial charge on any atom is 0.185 e. The number of allylic oxidation sites excluding steroid dienone is 1. The standard InChI is InChI=1S/C19H12F2O2/c20-15-5-1-13(2-6-15)18(22)11-9-17-10-12-19(23-17)14-3-7-16(21)8-4-14/h1-12H/b11-9+. The van der Waals surface area contributed by atoms with Crippen LogP contribution in [0.4, 0.5) is 8.78 Å². The van der Waals surface area contributed by atoms with E-state index in [-0.39, 0.29) is 17.4 Å². The van der Waals surface area contributed by atoms with Gasteiger partial charge in [0.1, 0.15) is 23.2 Å². The Morgan fingerprint density at radius 1 is 0.826 bits per heavy atom. The summed E-state index contributed by atoms with van der Waals surface area (Å²) in [6, 6.07) is 14.7. The minimum atomic E-state index is -0.388. The molecule has 0 saturated heterocycles. The first-order valence-electron chi connectivity index (χ1n) is 6.95. The lowest BCUT2D eigenvalue weighted by molar-refractivity contribution is 0.104. The Kier molecular flexibility index (Phi) is 4.15. The third-order valence-electron chi connectivity index (χ3n) is 3.28. The average molecular weight is 310 g/mol. The zero-order chi connectivity index (χ0) is 16.2. The number of ketones is 1. The van der Waals surface area contributed by atoms with Gasteiger partial charge in [-0.2, -0.15) is 0 Å². The van der Waals surface area contributed by atoms with Crippen molar-refractivity contribution < 1.29 is 18.0 Å². The number of carbonyl (C=O) groups is 1. The SMILES string of the molecule is O=C(/C=C/c1ccc(-c2ccc(F)cc2)o1)c1ccc(F)cc1. The van der Waals surface area contributed by atoms with Crippen molar-refractivity contribution in [2.75, 3.05) is 0 Å². The molecule has 2 nitrogen and oxygen atoms in total. The van der Waals surface area contributed by atoms with E-state index in [1.165, 1.54) is 42.5 Å². The van der Waals surface area contributed by atoms with Gasteiger partial charge in [-0.15, -0.1) is 0 Å². The predicted molar refractivity (Wildman–Crippen MR) is 83.9 cm³/mol. The van der Waals surface area contributed by atoms with Crippen molar-refractivity contribution in [1.82, 2.24) is 0 Å². The fourth-order valence-corrected chi connectivity index (χ4v) is 2.08. The highest BCUT2D eigenvalue weighted by Crippen LogP contribution is 2.23. The van der Waals surface area contributed by atoms with E-state index in [2.05, 4.69) is 0 Å². The number of halogens is 2. The van der Waals surface area contributed by atoms with Crippen LogP contribution in [-0.2, 0) is 0 Å². The summed E-state index contributed by atoms with van der Waals surface area (Å²) in [4.78, 5) is 12.0. The van der Waals surface area contributed by atoms with Crippen LogP contribution in [0.5, 0.6) is 0 Å². The van der Waals surface area contributed by atoms with Crippen molar-refractivity contribution >= 4 is 11.9 Å². The lowest BCUT2D eigenvalue weighted by atomic mass is 10.1. The molecule has 0 aliphatic heterocycles. The van der Waals surface area contributed by atoms with Crippen molar-refractivity contribution in [3.63, 3.8) is 0 Å². The molecule has 0 aliphatic carbocycles. The van der Waals surface area contributed by atoms with Crippen LogP contribution in [0.1, 0.15) is 16.1 Å². The Hall–Kier alpha value is -3.01. The first-order valence-corrected chi connectivity index (χ1v) is 6.95. The Labute approximate surface area is 131 Å². The molecule has 3 rings (SSSR count). The zero-order valence-corrected chi connectivity index (χ0v) is 12.0. The van der Waals surface area contributed by atoms with Crippen molar-refractivity contribution in [2.45, 2.75) is 0 Å². The van der Waals surface area contributed by atoms with E-state index >= 15 is 0 Å². The van der Waals surface area contributed by atoms with Gasteiger partial charge in [-0.05, 0) is 72.8 Å². The third-order valence-corrected chi connectivity index (χ3v) is 3.28. The fourth-order valence-electron chi connectivity index (χ4n) is 2.08. The number of rotatable bonds is 4. The summed E-state index contributed by atoms with van der Waals surface area (Å²) in [6.07, 6.45) is 2.90. The molecule has 0 amide bonds. The second kappa shape index (κ2) is 6.40. The van der Waals surface area contributed by atoms with Crippen molar-refractivity contribution in [3.8, 4) is 11.3 Å². The third kappa shape index (κ3) is 3.61. The summed E-state index contributed by atoms with van der Waals surface area (Å²) >= 11 is 0. The molecule has 0 radical (unpaired) electrons. The minimum absolute atomic E-state index is 0.246. The van der Waals surface area contributed by atoms with Crippen LogP contribution in [-0.4, -0.2) is 5.78 Å². The van der Waals surface area contributed by atoms with Crippen LogP contribution < -0.4 is 0 Å². The highest BCUT2D eigenvalue weighted by molar-refractivity contribution is 6.06. The van der Waals surface area contributed by atoms with Gasteiger partial charge < -0.3 is 4.42 Å². The molecule has 23 heavy (non-hydrogen) atoms. The van der Waals surface area contributed by atoms with Crippen molar-refractivity contribution in [3.05, 3.63) is 89.7 Å². The summed E-state index contributed by atoms with van der Waals surface area (Å²) in [5.41, 5.74) is 1.14. The summed E-state index contributed by atoms with van der Waals surface area (Å²) in [7, 11) is 0. The van der Waals surface area contributed by atoms with Gasteiger partial charge in [0.15, 0.2) is 5.78 Å². The monoisotopic (exact) mass is 310 g/mol. The van der Waals surface area contributed by atoms with Crippen LogP contribution in [0.15, 0.2) is 71.2 Å². The molecule has 3 aromatic rings. The highest BCUT2D eigenvalue weighted by atomic mass is 19.1. The van der Waals surface area contributed by atoms with Gasteiger partial charge in [0.2, 0.25) is 0 Å². The molecule has 0 saturated carbocycles. The summed E-state index contributed by atoms with van der Waals surface area (Å²) in [5.74, 6) is 0.134. The van der Waals surface area contributed by atoms with E-state index in [4.69, 9.17) is 4.42 Å². The van der Waals surface area contributed by atoms with Crippen LogP contribution in [0.2, 0.25) is 0 Å². The van der Waals surface area contributed by atoms with Crippen LogP contribution in [0, 0.1) is 11.6 Å². The fraction of sp³-hybridized carbons (Fsp3) is 0. The molecule has 0 N–H and O–H groups in total. The van der Waals surface area contributed by atoms with E-state index in [0.717, 1.165) is 5.56 Å². The lowest BCUT2D eigenvalue weighted by Crippen LogP contribution is -1.93. The van der Waals surface area contributed by atoms with E-state index < -0.39 is 0 Å². The first-order chi connectivity index (χ1) is 11.1. The largest absolute Gasteiger partial charge is 0.457 e. The molecule has 0 spiro atoms. The number of carbonyl (C=O) groups excluding carboxylic acids is 1. The van der Waals surface area contributed by atoms with Gasteiger partial charge in [0.25, 0.3) is 0 Å². The molecule has 0 aliphatic rings. The number of hydrogen-bond acceptors (Lipinski definition) is 2. The summed E-state index contributed by atoms with van der Waals surface area (Å²) < 4.78 is 31.3. The van der Waals surface area contributed by atoms with E-state index in [1.807, 2.05) is 0 Å². The zero-order valence-electron chi connectivity index (χ0n) is 12.0. The van der Waals surface area contributed by atoms with Gasteiger partial charge in [0.05, 0.1) is 0 Å². The molecule has 4 heteroatoms. The van der Waals surface area contributed by atoms with Crippen molar-refractivity contribution in [2.24, 2.45) is 0 Å². The number of benzene rings is 2. The molecule has 1 heterocycles. The van der Waals surface area contributed by atoms with Crippen molar-refractivity contribution in [1.29, 1.82) is 0 Å². The van der Waals surface area contributed by atoms with E-state index in [0.29, 0.717) is 17.1 Å². The molecule has 0 fully saturated rings. The van der Waals surface area contributed by atoms with Gasteiger partial charge in [-0.3, -0.25) is 4.79 Å². The number of furan rings is 1. The first kappa shape index (κ1) is 14.9. The topological polar surface area (TPSA) is 30.2 Å². The minimum Gasteiger partial charge on any atom is -0.457 e. The Morgan fingerprint density at radius 3 is 2.09 bits per heavy atom. The molecule has 0 bridgehead atoms. The van der Waals surface area contributed by atoms with Gasteiger partial charge >= 0.3 is 0 Å². The molecule has 2 aromatic carbocycles. The second-order valence-corrected chi connectivity index (χ2v) is 4.91. The van der Waals surface area contributed by atoms with E-state index in [1.54, 1.807) is 30.3 Å². The van der Waals surface area contributed by atoms with Gasteiger partial charge in [-0.25, -0.2) is 8.78 Å². The normalized spacial score (nSPS) is 11.0. The van der Waals surface area contributed by atoms with Gasteiger partial charge in [-0.1, -0.05) is 0 Å². The lowest BCUT2D eigenvalue weighted by Gasteiger charge is -1.96. The molecule has 1 aromatic heterocycles. The smallest absolute Gasteiger partial charge is 0.185 e. The molecule has 0 atom stereocenters. The highest BCUT2D eigenvalue weighted by Gasteiger charge is 2.05. The molecule has 0 unspecified atom stereocenters. The molecular weight excluding hydrogens is 298 g/mol. The second-order valence-electron chi connectivity index (χ2n) is 4.91. The van der Waals surface area contributed by atoms with Crippen LogP contribution in [0.25, 0.3) is 17.4 Å². The van der Waals surface area contributed by atoms with Crippen LogP contribution >= 0.6 is 0 Å². The quantitative estimate of drug-likeness (QED) is 0.494. The van der Waals surface area contributed by atoms with E-state index in [9.17, 15) is 13.6 Å². The summed E-state index contributed by atoms with van der Waals surface area (Å²) in [6.45, 7) is 0. The molecular formula is C19H12F2O2. The average Bonchev–Trinajstić information content (AvgIpc) is 3.03. The Balaban J connectivity index is 1.74. The Bertz CT molecular complexity index is 844. The van der Waals surface area contributed by atoms with Gasteiger partial charge in [0, 0.05) is 11.1 Å². The maximum atomic E-state index is 12.9.